The number of hydrogen-bond donors (Lipinski definition) is 1. The predicted molar refractivity (Wildman–Crippen MR) is 92.5 cm³/mol. The average Bonchev–Trinajstić information content (AvgIpc) is 2.92. The number of halogens is 1. The number of hydrogen-bond acceptors (Lipinski definition) is 6. The summed E-state index contributed by atoms with van der Waals surface area (Å²) in [4.78, 5) is 24.2. The number of nitrogens with one attached hydrogen (secondary N) is 1. The lowest BCUT2D eigenvalue weighted by Gasteiger charge is -2.09. The number of anilines is 1. The second kappa shape index (κ2) is 7.33. The molecule has 0 spiro atoms. The third-order valence-electron chi connectivity index (χ3n) is 3.02. The normalized spacial score (nSPS) is 11.1. The molecule has 2 aromatic rings. The molecule has 1 amide bonds. The summed E-state index contributed by atoms with van der Waals surface area (Å²) in [6, 6.07) is 5.74. The van der Waals surface area contributed by atoms with E-state index in [1.54, 1.807) is 18.4 Å². The van der Waals surface area contributed by atoms with Crippen molar-refractivity contribution < 1.29 is 22.7 Å². The molecule has 9 heteroatoms. The fraction of sp³-hybridized carbons (Fsp3) is 0.200. The maximum atomic E-state index is 11.9. The maximum absolute atomic E-state index is 11.9. The minimum atomic E-state index is -3.43. The second-order valence-corrected chi connectivity index (χ2v) is 8.31. The summed E-state index contributed by atoms with van der Waals surface area (Å²) in [5.41, 5.74) is 0.905. The molecule has 0 aliphatic heterocycles. The van der Waals surface area contributed by atoms with E-state index < -0.39 is 28.3 Å². The van der Waals surface area contributed by atoms with Gasteiger partial charge < -0.3 is 10.1 Å². The Balaban J connectivity index is 2.02. The van der Waals surface area contributed by atoms with E-state index in [0.29, 0.717) is 4.88 Å². The number of carbonyl (C=O) groups excluding carboxylic acids is 2. The summed E-state index contributed by atoms with van der Waals surface area (Å²) < 4.78 is 28.0. The molecule has 128 valence electrons. The monoisotopic (exact) mass is 387 g/mol. The molecule has 0 atom stereocenters. The Hall–Kier alpha value is -1.90. The van der Waals surface area contributed by atoms with Crippen LogP contribution in [0.4, 0.5) is 5.69 Å². The number of amides is 1. The van der Waals surface area contributed by atoms with E-state index in [-0.39, 0.29) is 15.6 Å². The number of thiophene rings is 1. The van der Waals surface area contributed by atoms with Crippen molar-refractivity contribution in [2.45, 2.75) is 11.8 Å². The van der Waals surface area contributed by atoms with Gasteiger partial charge >= 0.3 is 5.97 Å². The van der Waals surface area contributed by atoms with Crippen LogP contribution in [0.5, 0.6) is 0 Å². The van der Waals surface area contributed by atoms with Crippen molar-refractivity contribution in [3.8, 4) is 0 Å². The van der Waals surface area contributed by atoms with E-state index in [0.717, 1.165) is 11.8 Å². The third kappa shape index (κ3) is 4.56. The Bertz CT molecular complexity index is 889. The van der Waals surface area contributed by atoms with Gasteiger partial charge in [-0.2, -0.15) is 0 Å². The van der Waals surface area contributed by atoms with Crippen LogP contribution in [0.25, 0.3) is 0 Å². The Morgan fingerprint density at radius 2 is 2.00 bits per heavy atom. The molecule has 24 heavy (non-hydrogen) atoms. The summed E-state index contributed by atoms with van der Waals surface area (Å²) in [6.07, 6.45) is 1.05. The first kappa shape index (κ1) is 18.4. The molecular weight excluding hydrogens is 374 g/mol. The number of carbonyl (C=O) groups is 2. The highest BCUT2D eigenvalue weighted by Gasteiger charge is 2.16. The number of esters is 1. The van der Waals surface area contributed by atoms with Crippen molar-refractivity contribution in [2.24, 2.45) is 0 Å². The summed E-state index contributed by atoms with van der Waals surface area (Å²) in [5.74, 6) is -1.21. The Morgan fingerprint density at radius 3 is 2.58 bits per heavy atom. The smallest absolute Gasteiger partial charge is 0.349 e. The van der Waals surface area contributed by atoms with Crippen molar-refractivity contribution in [2.75, 3.05) is 18.2 Å². The highest BCUT2D eigenvalue weighted by molar-refractivity contribution is 7.90. The van der Waals surface area contributed by atoms with E-state index in [9.17, 15) is 18.0 Å². The molecule has 1 aromatic heterocycles. The van der Waals surface area contributed by atoms with Gasteiger partial charge in [-0.15, -0.1) is 11.3 Å². The lowest BCUT2D eigenvalue weighted by molar-refractivity contribution is -0.119. The topological polar surface area (TPSA) is 89.5 Å². The van der Waals surface area contributed by atoms with Gasteiger partial charge in [0.15, 0.2) is 16.4 Å². The van der Waals surface area contributed by atoms with Gasteiger partial charge in [-0.05, 0) is 42.1 Å². The van der Waals surface area contributed by atoms with Crippen LogP contribution in [-0.2, 0) is 19.4 Å². The zero-order valence-electron chi connectivity index (χ0n) is 12.8. The maximum Gasteiger partial charge on any atom is 0.349 e. The standard InChI is InChI=1S/C15H14ClNO5S2/c1-9-5-6-23-14(9)15(19)22-8-13(18)17-12-7-10(24(2,20)21)3-4-11(12)16/h3-7H,8H2,1-2H3,(H,17,18). The van der Waals surface area contributed by atoms with Crippen LogP contribution in [0, 0.1) is 6.92 Å². The van der Waals surface area contributed by atoms with E-state index in [1.165, 1.54) is 29.5 Å². The first-order valence-electron chi connectivity index (χ1n) is 6.69. The first-order chi connectivity index (χ1) is 11.2. The van der Waals surface area contributed by atoms with Crippen LogP contribution in [0.15, 0.2) is 34.5 Å². The molecule has 0 bridgehead atoms. The number of ether oxygens (including phenoxy) is 1. The van der Waals surface area contributed by atoms with Gasteiger partial charge in [0.25, 0.3) is 5.91 Å². The van der Waals surface area contributed by atoms with Crippen molar-refractivity contribution in [3.05, 3.63) is 45.1 Å². The van der Waals surface area contributed by atoms with Gasteiger partial charge in [0.1, 0.15) is 4.88 Å². The summed E-state index contributed by atoms with van der Waals surface area (Å²) in [7, 11) is -3.43. The molecule has 0 fully saturated rings. The van der Waals surface area contributed by atoms with Crippen LogP contribution in [0.2, 0.25) is 5.02 Å². The molecule has 0 saturated heterocycles. The molecular formula is C15H14ClNO5S2. The van der Waals surface area contributed by atoms with E-state index in [2.05, 4.69) is 5.32 Å². The third-order valence-corrected chi connectivity index (χ3v) is 5.46. The molecule has 0 aliphatic rings. The van der Waals surface area contributed by atoms with Crippen LogP contribution in [0.1, 0.15) is 15.2 Å². The lowest BCUT2D eigenvalue weighted by atomic mass is 10.3. The first-order valence-corrected chi connectivity index (χ1v) is 9.84. The van der Waals surface area contributed by atoms with Crippen LogP contribution >= 0.6 is 22.9 Å². The SMILES string of the molecule is Cc1ccsc1C(=O)OCC(=O)Nc1cc(S(C)(=O)=O)ccc1Cl. The fourth-order valence-electron chi connectivity index (χ4n) is 1.80. The van der Waals surface area contributed by atoms with Crippen molar-refractivity contribution in [1.82, 2.24) is 0 Å². The Kier molecular flexibility index (Phi) is 5.63. The molecule has 2 rings (SSSR count). The molecule has 1 aromatic carbocycles. The summed E-state index contributed by atoms with van der Waals surface area (Å²) in [5, 5.41) is 4.36. The van der Waals surface area contributed by atoms with Gasteiger partial charge in [-0.25, -0.2) is 13.2 Å². The highest BCUT2D eigenvalue weighted by Crippen LogP contribution is 2.25. The summed E-state index contributed by atoms with van der Waals surface area (Å²) >= 11 is 7.17. The molecule has 1 heterocycles. The van der Waals surface area contributed by atoms with Crippen LogP contribution in [-0.4, -0.2) is 33.2 Å². The summed E-state index contributed by atoms with van der Waals surface area (Å²) in [6.45, 7) is 1.26. The molecule has 0 radical (unpaired) electrons. The number of aryl methyl sites for hydroxylation is 1. The minimum Gasteiger partial charge on any atom is -0.451 e. The predicted octanol–water partition coefficient (Wildman–Crippen LogP) is 2.91. The molecule has 1 N–H and O–H groups in total. The van der Waals surface area contributed by atoms with Crippen molar-refractivity contribution in [3.63, 3.8) is 0 Å². The number of sulfone groups is 1. The number of benzene rings is 1. The average molecular weight is 388 g/mol. The highest BCUT2D eigenvalue weighted by atomic mass is 35.5. The Labute approximate surface area is 148 Å². The van der Waals surface area contributed by atoms with Crippen LogP contribution < -0.4 is 5.32 Å². The van der Waals surface area contributed by atoms with E-state index in [4.69, 9.17) is 16.3 Å². The fourth-order valence-corrected chi connectivity index (χ4v) is 3.42. The van der Waals surface area contributed by atoms with Gasteiger partial charge in [0.2, 0.25) is 0 Å². The Morgan fingerprint density at radius 1 is 1.29 bits per heavy atom. The van der Waals surface area contributed by atoms with Crippen molar-refractivity contribution >= 4 is 50.3 Å². The molecule has 0 unspecified atom stereocenters. The second-order valence-electron chi connectivity index (χ2n) is 4.97. The number of rotatable bonds is 5. The largest absolute Gasteiger partial charge is 0.451 e. The van der Waals surface area contributed by atoms with E-state index >= 15 is 0 Å². The van der Waals surface area contributed by atoms with Crippen LogP contribution in [0.3, 0.4) is 0 Å². The van der Waals surface area contributed by atoms with Gasteiger partial charge in [-0.3, -0.25) is 4.79 Å². The van der Waals surface area contributed by atoms with Gasteiger partial charge in [-0.1, -0.05) is 11.6 Å². The van der Waals surface area contributed by atoms with Crippen molar-refractivity contribution in [1.29, 1.82) is 0 Å². The lowest BCUT2D eigenvalue weighted by Crippen LogP contribution is -2.21. The molecule has 6 nitrogen and oxygen atoms in total. The zero-order valence-corrected chi connectivity index (χ0v) is 15.2. The van der Waals surface area contributed by atoms with Gasteiger partial charge in [0, 0.05) is 6.26 Å². The zero-order chi connectivity index (χ0) is 17.9. The van der Waals surface area contributed by atoms with E-state index in [1.807, 2.05) is 0 Å². The van der Waals surface area contributed by atoms with Gasteiger partial charge in [0.05, 0.1) is 15.6 Å². The molecule has 0 aliphatic carbocycles. The minimum absolute atomic E-state index is 0.0217. The molecule has 0 saturated carbocycles. The quantitative estimate of drug-likeness (QED) is 0.796.